The molecule has 0 atom stereocenters. The lowest BCUT2D eigenvalue weighted by Gasteiger charge is -2.27. The first-order valence-corrected chi connectivity index (χ1v) is 8.65. The molecule has 1 aliphatic heterocycles. The molecule has 1 heterocycles. The lowest BCUT2D eigenvalue weighted by Crippen LogP contribution is -2.44. The van der Waals surface area contributed by atoms with Gasteiger partial charge in [0, 0.05) is 32.7 Å². The molecule has 22 heavy (non-hydrogen) atoms. The van der Waals surface area contributed by atoms with Crippen LogP contribution in [0.3, 0.4) is 0 Å². The third-order valence-electron chi connectivity index (χ3n) is 3.87. The van der Waals surface area contributed by atoms with E-state index in [1.165, 1.54) is 5.56 Å². The molecule has 0 saturated carbocycles. The van der Waals surface area contributed by atoms with Gasteiger partial charge >= 0.3 is 0 Å². The Hall–Kier alpha value is -1.26. The summed E-state index contributed by atoms with van der Waals surface area (Å²) in [4.78, 5) is 2.51. The van der Waals surface area contributed by atoms with Gasteiger partial charge in [0.1, 0.15) is 11.5 Å². The van der Waals surface area contributed by atoms with Gasteiger partial charge in [-0.2, -0.15) is 0 Å². The average molecular weight is 306 g/mol. The molecule has 2 rings (SSSR count). The summed E-state index contributed by atoms with van der Waals surface area (Å²) in [5, 5.41) is 3.40. The SMILES string of the molecule is CCCOc1ccc(OCCC)c(CCN2CCNCC2)c1. The summed E-state index contributed by atoms with van der Waals surface area (Å²) in [7, 11) is 0. The predicted molar refractivity (Wildman–Crippen MR) is 91.0 cm³/mol. The second-order valence-electron chi connectivity index (χ2n) is 5.81. The van der Waals surface area contributed by atoms with Gasteiger partial charge in [0.2, 0.25) is 0 Å². The van der Waals surface area contributed by atoms with Gasteiger partial charge in [0.25, 0.3) is 0 Å². The monoisotopic (exact) mass is 306 g/mol. The summed E-state index contributed by atoms with van der Waals surface area (Å²) >= 11 is 0. The minimum atomic E-state index is 0.770. The van der Waals surface area contributed by atoms with Crippen LogP contribution in [-0.4, -0.2) is 50.8 Å². The molecule has 0 aromatic heterocycles. The maximum Gasteiger partial charge on any atom is 0.122 e. The smallest absolute Gasteiger partial charge is 0.122 e. The number of nitrogens with one attached hydrogen (secondary N) is 1. The standard InChI is InChI=1S/C18H30N2O2/c1-3-13-21-17-5-6-18(22-14-4-2)16(15-17)7-10-20-11-8-19-9-12-20/h5-6,15,19H,3-4,7-14H2,1-2H3. The number of benzene rings is 1. The Morgan fingerprint density at radius 1 is 1.05 bits per heavy atom. The van der Waals surface area contributed by atoms with Crippen LogP contribution in [0, 0.1) is 0 Å². The molecule has 0 spiro atoms. The fraction of sp³-hybridized carbons (Fsp3) is 0.667. The number of hydrogen-bond donors (Lipinski definition) is 1. The van der Waals surface area contributed by atoms with Gasteiger partial charge in [-0.25, -0.2) is 0 Å². The van der Waals surface area contributed by atoms with Crippen LogP contribution in [0.1, 0.15) is 32.3 Å². The molecule has 1 fully saturated rings. The molecule has 1 N–H and O–H groups in total. The highest BCUT2D eigenvalue weighted by Crippen LogP contribution is 2.25. The lowest BCUT2D eigenvalue weighted by molar-refractivity contribution is 0.241. The van der Waals surface area contributed by atoms with E-state index in [1.807, 2.05) is 6.07 Å². The summed E-state index contributed by atoms with van der Waals surface area (Å²) in [6, 6.07) is 6.24. The van der Waals surface area contributed by atoms with Crippen molar-refractivity contribution >= 4 is 0 Å². The molecular formula is C18H30N2O2. The molecule has 1 aliphatic rings. The van der Waals surface area contributed by atoms with Crippen molar-refractivity contribution in [2.45, 2.75) is 33.1 Å². The molecule has 0 bridgehead atoms. The highest BCUT2D eigenvalue weighted by atomic mass is 16.5. The van der Waals surface area contributed by atoms with Crippen molar-refractivity contribution in [1.82, 2.24) is 10.2 Å². The van der Waals surface area contributed by atoms with Crippen molar-refractivity contribution in [1.29, 1.82) is 0 Å². The van der Waals surface area contributed by atoms with Gasteiger partial charge in [-0.1, -0.05) is 13.8 Å². The van der Waals surface area contributed by atoms with E-state index in [1.54, 1.807) is 0 Å². The van der Waals surface area contributed by atoms with E-state index in [0.717, 1.165) is 76.7 Å². The molecule has 124 valence electrons. The van der Waals surface area contributed by atoms with Crippen LogP contribution in [0.25, 0.3) is 0 Å². The highest BCUT2D eigenvalue weighted by Gasteiger charge is 2.12. The van der Waals surface area contributed by atoms with Crippen molar-refractivity contribution in [2.75, 3.05) is 45.9 Å². The van der Waals surface area contributed by atoms with E-state index < -0.39 is 0 Å². The van der Waals surface area contributed by atoms with Gasteiger partial charge in [0.05, 0.1) is 13.2 Å². The Labute approximate surface area is 134 Å². The Morgan fingerprint density at radius 3 is 2.50 bits per heavy atom. The first kappa shape index (κ1) is 17.1. The highest BCUT2D eigenvalue weighted by molar-refractivity contribution is 5.40. The zero-order chi connectivity index (χ0) is 15.6. The Morgan fingerprint density at radius 2 is 1.77 bits per heavy atom. The minimum absolute atomic E-state index is 0.770. The molecule has 0 amide bonds. The first-order valence-electron chi connectivity index (χ1n) is 8.65. The van der Waals surface area contributed by atoms with Gasteiger partial charge in [-0.05, 0) is 43.0 Å². The second-order valence-corrected chi connectivity index (χ2v) is 5.81. The second kappa shape index (κ2) is 9.70. The summed E-state index contributed by atoms with van der Waals surface area (Å²) in [6.07, 6.45) is 3.08. The van der Waals surface area contributed by atoms with E-state index >= 15 is 0 Å². The van der Waals surface area contributed by atoms with E-state index in [-0.39, 0.29) is 0 Å². The number of rotatable bonds is 9. The van der Waals surface area contributed by atoms with Crippen molar-refractivity contribution in [3.63, 3.8) is 0 Å². The molecule has 4 heteroatoms. The minimum Gasteiger partial charge on any atom is -0.494 e. The summed E-state index contributed by atoms with van der Waals surface area (Å²) in [5.74, 6) is 1.97. The summed E-state index contributed by atoms with van der Waals surface area (Å²) < 4.78 is 11.7. The Bertz CT molecular complexity index is 431. The molecule has 1 aromatic carbocycles. The predicted octanol–water partition coefficient (Wildman–Crippen LogP) is 2.71. The first-order chi connectivity index (χ1) is 10.8. The van der Waals surface area contributed by atoms with Crippen LogP contribution >= 0.6 is 0 Å². The summed E-state index contributed by atoms with van der Waals surface area (Å²) in [6.45, 7) is 11.4. The van der Waals surface area contributed by atoms with Crippen LogP contribution in [0.4, 0.5) is 0 Å². The maximum atomic E-state index is 5.90. The van der Waals surface area contributed by atoms with Crippen molar-refractivity contribution in [3.8, 4) is 11.5 Å². The van der Waals surface area contributed by atoms with E-state index in [0.29, 0.717) is 0 Å². The fourth-order valence-corrected chi connectivity index (χ4v) is 2.63. The summed E-state index contributed by atoms with van der Waals surface area (Å²) in [5.41, 5.74) is 1.26. The third-order valence-corrected chi connectivity index (χ3v) is 3.87. The van der Waals surface area contributed by atoms with Crippen molar-refractivity contribution < 1.29 is 9.47 Å². The molecule has 0 aliphatic carbocycles. The zero-order valence-corrected chi connectivity index (χ0v) is 14.1. The molecule has 0 unspecified atom stereocenters. The van der Waals surface area contributed by atoms with Gasteiger partial charge in [-0.3, -0.25) is 0 Å². The fourth-order valence-electron chi connectivity index (χ4n) is 2.63. The number of piperazine rings is 1. The van der Waals surface area contributed by atoms with Crippen LogP contribution in [-0.2, 0) is 6.42 Å². The van der Waals surface area contributed by atoms with Crippen molar-refractivity contribution in [3.05, 3.63) is 23.8 Å². The van der Waals surface area contributed by atoms with Gasteiger partial charge in [-0.15, -0.1) is 0 Å². The topological polar surface area (TPSA) is 33.7 Å². The van der Waals surface area contributed by atoms with Crippen LogP contribution in [0.2, 0.25) is 0 Å². The van der Waals surface area contributed by atoms with Crippen LogP contribution in [0.5, 0.6) is 11.5 Å². The normalized spacial score (nSPS) is 15.7. The van der Waals surface area contributed by atoms with Crippen LogP contribution in [0.15, 0.2) is 18.2 Å². The quantitative estimate of drug-likeness (QED) is 0.760. The third kappa shape index (κ3) is 5.50. The molecular weight excluding hydrogens is 276 g/mol. The molecule has 1 saturated heterocycles. The van der Waals surface area contributed by atoms with Gasteiger partial charge in [0.15, 0.2) is 0 Å². The van der Waals surface area contributed by atoms with E-state index in [4.69, 9.17) is 9.47 Å². The van der Waals surface area contributed by atoms with Crippen LogP contribution < -0.4 is 14.8 Å². The number of nitrogens with zero attached hydrogens (tertiary/aromatic N) is 1. The number of ether oxygens (including phenoxy) is 2. The molecule has 1 aromatic rings. The maximum absolute atomic E-state index is 5.90. The zero-order valence-electron chi connectivity index (χ0n) is 14.1. The number of hydrogen-bond acceptors (Lipinski definition) is 4. The van der Waals surface area contributed by atoms with E-state index in [9.17, 15) is 0 Å². The van der Waals surface area contributed by atoms with Crippen molar-refractivity contribution in [2.24, 2.45) is 0 Å². The Balaban J connectivity index is 1.99. The molecule has 4 nitrogen and oxygen atoms in total. The molecule has 0 radical (unpaired) electrons. The van der Waals surface area contributed by atoms with E-state index in [2.05, 4.69) is 36.2 Å². The lowest BCUT2D eigenvalue weighted by atomic mass is 10.1. The van der Waals surface area contributed by atoms with Gasteiger partial charge < -0.3 is 19.7 Å². The average Bonchev–Trinajstić information content (AvgIpc) is 2.58. The Kier molecular flexibility index (Phi) is 7.54. The largest absolute Gasteiger partial charge is 0.494 e.